The summed E-state index contributed by atoms with van der Waals surface area (Å²) in [4.78, 5) is 10.2. The van der Waals surface area contributed by atoms with Gasteiger partial charge in [-0.1, -0.05) is 13.0 Å². The first-order valence-electron chi connectivity index (χ1n) is 4.53. The van der Waals surface area contributed by atoms with Gasteiger partial charge in [-0.15, -0.1) is 12.4 Å². The third-order valence-corrected chi connectivity index (χ3v) is 1.77. The van der Waals surface area contributed by atoms with Crippen molar-refractivity contribution in [1.29, 1.82) is 0 Å². The fourth-order valence-corrected chi connectivity index (χ4v) is 1.10. The molecule has 0 aliphatic rings. The molecule has 0 fully saturated rings. The summed E-state index contributed by atoms with van der Waals surface area (Å²) in [5, 5.41) is 10.6. The maximum atomic E-state index is 10.6. The number of rotatable bonds is 4. The van der Waals surface area contributed by atoms with Crippen LogP contribution in [0.4, 0.5) is 5.69 Å². The molecule has 5 nitrogen and oxygen atoms in total. The number of benzene rings is 1. The first-order valence-corrected chi connectivity index (χ1v) is 4.53. The lowest BCUT2D eigenvalue weighted by molar-refractivity contribution is -0.385. The second kappa shape index (κ2) is 7.90. The van der Waals surface area contributed by atoms with Crippen LogP contribution in [0.3, 0.4) is 0 Å². The predicted octanol–water partition coefficient (Wildman–Crippen LogP) is 3.28. The molecule has 16 heavy (non-hydrogen) atoms. The Kier molecular flexibility index (Phi) is 8.43. The highest BCUT2D eigenvalue weighted by molar-refractivity contribution is 5.85. The van der Waals surface area contributed by atoms with Gasteiger partial charge in [0.25, 0.3) is 0 Å². The van der Waals surface area contributed by atoms with Gasteiger partial charge in [-0.05, 0) is 25.0 Å². The first kappa shape index (κ1) is 17.1. The van der Waals surface area contributed by atoms with E-state index in [1.165, 1.54) is 6.07 Å². The van der Waals surface area contributed by atoms with Crippen LogP contribution in [0.15, 0.2) is 18.2 Å². The molecule has 0 spiro atoms. The lowest BCUT2D eigenvalue weighted by Crippen LogP contribution is -1.99. The Balaban J connectivity index is 0. The van der Waals surface area contributed by atoms with Crippen molar-refractivity contribution in [3.8, 4) is 5.75 Å². The van der Waals surface area contributed by atoms with Gasteiger partial charge in [-0.25, -0.2) is 0 Å². The van der Waals surface area contributed by atoms with Crippen LogP contribution < -0.4 is 10.9 Å². The fraction of sp³-hybridized carbons (Fsp3) is 0.400. The molecule has 0 aliphatic heterocycles. The van der Waals surface area contributed by atoms with E-state index in [0.29, 0.717) is 12.4 Å². The zero-order chi connectivity index (χ0) is 10.6. The summed E-state index contributed by atoms with van der Waals surface area (Å²) >= 11 is 0. The van der Waals surface area contributed by atoms with Gasteiger partial charge >= 0.3 is 5.69 Å². The zero-order valence-electron chi connectivity index (χ0n) is 9.43. The van der Waals surface area contributed by atoms with E-state index < -0.39 is 4.92 Å². The van der Waals surface area contributed by atoms with Crippen LogP contribution in [0, 0.1) is 17.0 Å². The highest BCUT2D eigenvalue weighted by Crippen LogP contribution is 2.27. The van der Waals surface area contributed by atoms with Gasteiger partial charge in [0.05, 0.1) is 11.5 Å². The average Bonchev–Trinajstić information content (AvgIpc) is 2.14. The van der Waals surface area contributed by atoms with Crippen molar-refractivity contribution >= 4 is 18.1 Å². The Morgan fingerprint density at radius 3 is 2.56 bits per heavy atom. The van der Waals surface area contributed by atoms with Gasteiger partial charge < -0.3 is 10.9 Å². The third kappa shape index (κ3) is 4.46. The van der Waals surface area contributed by atoms with Crippen molar-refractivity contribution in [3.05, 3.63) is 33.9 Å². The summed E-state index contributed by atoms with van der Waals surface area (Å²) in [6, 6.07) is 4.87. The normalized spacial score (nSPS) is 8.62. The topological polar surface area (TPSA) is 87.4 Å². The van der Waals surface area contributed by atoms with Gasteiger partial charge in [-0.3, -0.25) is 10.1 Å². The van der Waals surface area contributed by atoms with Crippen molar-refractivity contribution in [2.24, 2.45) is 0 Å². The molecule has 1 rings (SSSR count). The van der Waals surface area contributed by atoms with Crippen LogP contribution in [-0.2, 0) is 0 Å². The summed E-state index contributed by atoms with van der Waals surface area (Å²) in [6.45, 7) is 4.34. The van der Waals surface area contributed by atoms with E-state index in [1.807, 2.05) is 13.8 Å². The monoisotopic (exact) mass is 248 g/mol. The first-order chi connectivity index (χ1) is 6.65. The number of ether oxygens (including phenoxy) is 1. The smallest absolute Gasteiger partial charge is 0.310 e. The minimum absolute atomic E-state index is 0. The molecule has 0 saturated heterocycles. The molecule has 6 heteroatoms. The molecule has 0 amide bonds. The molecule has 0 atom stereocenters. The third-order valence-electron chi connectivity index (χ3n) is 1.77. The lowest BCUT2D eigenvalue weighted by Gasteiger charge is -2.05. The lowest BCUT2D eigenvalue weighted by atomic mass is 10.2. The molecule has 0 radical (unpaired) electrons. The number of halogens is 1. The number of aryl methyl sites for hydroxylation is 1. The van der Waals surface area contributed by atoms with E-state index in [-0.39, 0.29) is 24.2 Å². The van der Waals surface area contributed by atoms with E-state index in [9.17, 15) is 10.1 Å². The highest BCUT2D eigenvalue weighted by Gasteiger charge is 2.13. The molecule has 0 bridgehead atoms. The molecular weight excluding hydrogens is 232 g/mol. The van der Waals surface area contributed by atoms with Gasteiger partial charge in [-0.2, -0.15) is 0 Å². The maximum Gasteiger partial charge on any atom is 0.310 e. The molecule has 0 unspecified atom stereocenters. The maximum absolute atomic E-state index is 10.6. The molecule has 92 valence electrons. The zero-order valence-corrected chi connectivity index (χ0v) is 10.3. The molecule has 0 aromatic heterocycles. The van der Waals surface area contributed by atoms with Crippen molar-refractivity contribution in [2.45, 2.75) is 20.3 Å². The molecule has 0 saturated carbocycles. The minimum atomic E-state index is -0.426. The van der Waals surface area contributed by atoms with Crippen molar-refractivity contribution in [3.63, 3.8) is 0 Å². The fourth-order valence-electron chi connectivity index (χ4n) is 1.10. The second-order valence-corrected chi connectivity index (χ2v) is 3.08. The Morgan fingerprint density at radius 1 is 1.44 bits per heavy atom. The van der Waals surface area contributed by atoms with E-state index in [0.717, 1.165) is 12.0 Å². The van der Waals surface area contributed by atoms with Gasteiger partial charge in [0.1, 0.15) is 0 Å². The molecular formula is C10H17ClN2O3. The largest absolute Gasteiger partial charge is 0.487 e. The summed E-state index contributed by atoms with van der Waals surface area (Å²) in [7, 11) is 0. The molecule has 0 heterocycles. The van der Waals surface area contributed by atoms with E-state index in [2.05, 4.69) is 0 Å². The van der Waals surface area contributed by atoms with Crippen molar-refractivity contribution in [1.82, 2.24) is 6.15 Å². The number of nitrogens with zero attached hydrogens (tertiary/aromatic N) is 1. The number of nitro groups is 1. The standard InChI is InChI=1S/C10H13NO3.ClH.H3N/c1-3-6-14-10-7-8(2)4-5-9(10)11(12)13;;/h4-5,7H,3,6H2,1-2H3;1H;1H3. The molecule has 3 N–H and O–H groups in total. The second-order valence-electron chi connectivity index (χ2n) is 3.08. The Morgan fingerprint density at radius 2 is 2.06 bits per heavy atom. The molecule has 0 aliphatic carbocycles. The van der Waals surface area contributed by atoms with Gasteiger partial charge in [0.15, 0.2) is 5.75 Å². The van der Waals surface area contributed by atoms with Crippen molar-refractivity contribution in [2.75, 3.05) is 6.61 Å². The van der Waals surface area contributed by atoms with E-state index in [1.54, 1.807) is 12.1 Å². The quantitative estimate of drug-likeness (QED) is 0.654. The van der Waals surface area contributed by atoms with E-state index in [4.69, 9.17) is 4.74 Å². The number of nitro benzene ring substituents is 1. The minimum Gasteiger partial charge on any atom is -0.487 e. The van der Waals surface area contributed by atoms with Crippen LogP contribution in [0.25, 0.3) is 0 Å². The Hall–Kier alpha value is -1.33. The summed E-state index contributed by atoms with van der Waals surface area (Å²) in [5.74, 6) is 0.358. The average molecular weight is 249 g/mol. The van der Waals surface area contributed by atoms with Crippen LogP contribution in [0.2, 0.25) is 0 Å². The molecule has 1 aromatic rings. The molecule has 1 aromatic carbocycles. The highest BCUT2D eigenvalue weighted by atomic mass is 35.5. The van der Waals surface area contributed by atoms with Crippen LogP contribution in [0.5, 0.6) is 5.75 Å². The van der Waals surface area contributed by atoms with Crippen molar-refractivity contribution < 1.29 is 9.66 Å². The van der Waals surface area contributed by atoms with Crippen LogP contribution in [0.1, 0.15) is 18.9 Å². The summed E-state index contributed by atoms with van der Waals surface area (Å²) < 4.78 is 5.29. The summed E-state index contributed by atoms with van der Waals surface area (Å²) in [6.07, 6.45) is 0.838. The number of hydrogen-bond donors (Lipinski definition) is 1. The van der Waals surface area contributed by atoms with Gasteiger partial charge in [0, 0.05) is 6.07 Å². The van der Waals surface area contributed by atoms with E-state index >= 15 is 0 Å². The summed E-state index contributed by atoms with van der Waals surface area (Å²) in [5.41, 5.74) is 0.991. The SMILES string of the molecule is CCCOc1cc(C)ccc1[N+](=O)[O-].Cl.N. The van der Waals surface area contributed by atoms with Crippen LogP contribution in [-0.4, -0.2) is 11.5 Å². The van der Waals surface area contributed by atoms with Crippen LogP contribution >= 0.6 is 12.4 Å². The Labute approximate surface area is 101 Å². The number of hydrogen-bond acceptors (Lipinski definition) is 4. The predicted molar refractivity (Wildman–Crippen MR) is 65.9 cm³/mol. The van der Waals surface area contributed by atoms with Gasteiger partial charge in [0.2, 0.25) is 0 Å². The Bertz CT molecular complexity index is 345.